The van der Waals surface area contributed by atoms with Crippen molar-refractivity contribution < 1.29 is 13.2 Å². The van der Waals surface area contributed by atoms with Crippen molar-refractivity contribution in [3.8, 4) is 0 Å². The van der Waals surface area contributed by atoms with Gasteiger partial charge < -0.3 is 11.1 Å². The summed E-state index contributed by atoms with van der Waals surface area (Å²) in [6.07, 6.45) is 1.17. The monoisotopic (exact) mass is 454 g/mol. The van der Waals surface area contributed by atoms with Crippen molar-refractivity contribution in [2.24, 2.45) is 0 Å². The Bertz CT molecular complexity index is 1070. The number of nitrogen functional groups attached to an aromatic ring is 1. The van der Waals surface area contributed by atoms with Crippen LogP contribution < -0.4 is 11.1 Å². The number of nitrogens with zero attached hydrogens (tertiary/aromatic N) is 2. The first-order valence-corrected chi connectivity index (χ1v) is 11.6. The molecule has 0 aliphatic carbocycles. The van der Waals surface area contributed by atoms with Crippen LogP contribution in [0.1, 0.15) is 5.56 Å². The van der Waals surface area contributed by atoms with Gasteiger partial charge in [-0.25, -0.2) is 18.4 Å². The maximum Gasteiger partial charge on any atom is 0.230 e. The van der Waals surface area contributed by atoms with E-state index in [1.807, 2.05) is 12.1 Å². The molecule has 0 saturated heterocycles. The Hall–Kier alpha value is -2.14. The van der Waals surface area contributed by atoms with Gasteiger partial charge in [0.05, 0.1) is 11.9 Å². The summed E-state index contributed by atoms with van der Waals surface area (Å²) in [5, 5.41) is 5.29. The van der Waals surface area contributed by atoms with Gasteiger partial charge in [-0.1, -0.05) is 41.6 Å². The summed E-state index contributed by atoms with van der Waals surface area (Å²) in [5.74, 6) is -0.283. The largest absolute Gasteiger partial charge is 0.382 e. The second-order valence-electron chi connectivity index (χ2n) is 5.53. The van der Waals surface area contributed by atoms with Gasteiger partial charge in [0.2, 0.25) is 15.7 Å². The molecule has 3 rings (SSSR count). The normalized spacial score (nSPS) is 11.3. The highest BCUT2D eigenvalue weighted by Gasteiger charge is 2.23. The number of nitrogens with one attached hydrogen (secondary N) is 1. The Morgan fingerprint density at radius 3 is 2.64 bits per heavy atom. The van der Waals surface area contributed by atoms with E-state index in [1.165, 1.54) is 12.3 Å². The predicted octanol–water partition coefficient (Wildman–Crippen LogP) is 3.02. The number of benzene rings is 1. The van der Waals surface area contributed by atoms with Gasteiger partial charge in [-0.15, -0.1) is 11.3 Å². The van der Waals surface area contributed by atoms with Crippen LogP contribution in [0.25, 0.3) is 0 Å². The zero-order chi connectivity index (χ0) is 20.1. The van der Waals surface area contributed by atoms with Crippen molar-refractivity contribution in [2.75, 3.05) is 11.5 Å². The number of carbonyl (C=O) groups excluding carboxylic acids is 1. The minimum Gasteiger partial charge on any atom is -0.382 e. The average molecular weight is 455 g/mol. The number of hydrogen-bond acceptors (Lipinski definition) is 8. The number of anilines is 1. The van der Waals surface area contributed by atoms with Crippen LogP contribution in [-0.2, 0) is 21.2 Å². The van der Waals surface area contributed by atoms with Crippen molar-refractivity contribution in [3.63, 3.8) is 0 Å². The summed E-state index contributed by atoms with van der Waals surface area (Å²) in [4.78, 5) is 19.9. The van der Waals surface area contributed by atoms with Gasteiger partial charge in [0.15, 0.2) is 5.16 Å². The lowest BCUT2D eigenvalue weighted by molar-refractivity contribution is -0.118. The van der Waals surface area contributed by atoms with E-state index in [-0.39, 0.29) is 31.7 Å². The number of hydrogen-bond donors (Lipinski definition) is 2. The Balaban J connectivity index is 1.58. The van der Waals surface area contributed by atoms with E-state index in [1.54, 1.807) is 23.6 Å². The van der Waals surface area contributed by atoms with Crippen LogP contribution in [-0.4, -0.2) is 30.0 Å². The molecule has 2 aromatic heterocycles. The second-order valence-corrected chi connectivity index (χ2v) is 10.0. The Kier molecular flexibility index (Phi) is 6.55. The molecular formula is C17H15ClN4O3S3. The van der Waals surface area contributed by atoms with E-state index in [0.717, 1.165) is 28.7 Å². The molecule has 0 radical (unpaired) electrons. The highest BCUT2D eigenvalue weighted by atomic mass is 35.5. The van der Waals surface area contributed by atoms with Crippen LogP contribution >= 0.6 is 34.7 Å². The summed E-state index contributed by atoms with van der Waals surface area (Å²) in [7, 11) is -3.75. The van der Waals surface area contributed by atoms with Crippen molar-refractivity contribution in [1.29, 1.82) is 0 Å². The van der Waals surface area contributed by atoms with E-state index in [4.69, 9.17) is 17.3 Å². The first-order chi connectivity index (χ1) is 13.4. The molecule has 3 aromatic rings. The van der Waals surface area contributed by atoms with Gasteiger partial charge in [0, 0.05) is 11.6 Å². The first-order valence-electron chi connectivity index (χ1n) is 7.91. The molecule has 11 heteroatoms. The summed E-state index contributed by atoms with van der Waals surface area (Å²) >= 11 is 7.98. The van der Waals surface area contributed by atoms with Gasteiger partial charge in [-0.2, -0.15) is 0 Å². The van der Waals surface area contributed by atoms with E-state index in [9.17, 15) is 13.2 Å². The fourth-order valence-corrected chi connectivity index (χ4v) is 5.31. The average Bonchev–Trinajstić information content (AvgIpc) is 3.21. The number of halogens is 1. The number of sulfone groups is 1. The minimum absolute atomic E-state index is 0.0735. The van der Waals surface area contributed by atoms with E-state index in [2.05, 4.69) is 15.3 Å². The predicted molar refractivity (Wildman–Crippen MR) is 110 cm³/mol. The van der Waals surface area contributed by atoms with Crippen molar-refractivity contribution in [1.82, 2.24) is 15.3 Å². The van der Waals surface area contributed by atoms with Crippen molar-refractivity contribution >= 4 is 56.3 Å². The van der Waals surface area contributed by atoms with Crippen LogP contribution in [0.2, 0.25) is 5.02 Å². The SMILES string of the molecule is Nc1nc(SCC(=O)NCc2ccc(Cl)cc2)ncc1S(=O)(=O)c1cccs1. The van der Waals surface area contributed by atoms with Gasteiger partial charge in [-0.05, 0) is 29.1 Å². The molecule has 0 unspecified atom stereocenters. The fourth-order valence-electron chi connectivity index (χ4n) is 2.15. The number of carbonyl (C=O) groups is 1. The lowest BCUT2D eigenvalue weighted by atomic mass is 10.2. The molecule has 0 atom stereocenters. The molecule has 1 aromatic carbocycles. The first kappa shape index (κ1) is 20.6. The summed E-state index contributed by atoms with van der Waals surface area (Å²) in [6, 6.07) is 10.3. The van der Waals surface area contributed by atoms with E-state index in [0.29, 0.717) is 11.6 Å². The third-order valence-electron chi connectivity index (χ3n) is 3.55. The molecule has 28 heavy (non-hydrogen) atoms. The third-order valence-corrected chi connectivity index (χ3v) is 7.83. The van der Waals surface area contributed by atoms with E-state index >= 15 is 0 Å². The number of aromatic nitrogens is 2. The molecule has 0 spiro atoms. The Morgan fingerprint density at radius 2 is 2.00 bits per heavy atom. The van der Waals surface area contributed by atoms with Crippen LogP contribution in [0.4, 0.5) is 5.82 Å². The fraction of sp³-hybridized carbons (Fsp3) is 0.118. The minimum atomic E-state index is -3.75. The number of rotatable bonds is 7. The summed E-state index contributed by atoms with van der Waals surface area (Å²) in [5.41, 5.74) is 6.74. The molecule has 146 valence electrons. The van der Waals surface area contributed by atoms with Gasteiger partial charge >= 0.3 is 0 Å². The highest BCUT2D eigenvalue weighted by Crippen LogP contribution is 2.28. The highest BCUT2D eigenvalue weighted by molar-refractivity contribution is 7.99. The second kappa shape index (κ2) is 8.91. The zero-order valence-corrected chi connectivity index (χ0v) is 17.5. The molecular weight excluding hydrogens is 440 g/mol. The lowest BCUT2D eigenvalue weighted by Crippen LogP contribution is -2.24. The topological polar surface area (TPSA) is 115 Å². The van der Waals surface area contributed by atoms with Gasteiger partial charge in [0.25, 0.3) is 0 Å². The summed E-state index contributed by atoms with van der Waals surface area (Å²) < 4.78 is 25.2. The molecule has 1 amide bonds. The smallest absolute Gasteiger partial charge is 0.230 e. The third kappa shape index (κ3) is 5.02. The Labute approximate surface area is 175 Å². The van der Waals surface area contributed by atoms with Gasteiger partial charge in [-0.3, -0.25) is 4.79 Å². The summed E-state index contributed by atoms with van der Waals surface area (Å²) in [6.45, 7) is 0.373. The molecule has 0 aliphatic rings. The zero-order valence-electron chi connectivity index (χ0n) is 14.3. The molecule has 3 N–H and O–H groups in total. The molecule has 0 saturated carbocycles. The molecule has 0 aliphatic heterocycles. The van der Waals surface area contributed by atoms with Crippen LogP contribution in [0, 0.1) is 0 Å². The molecule has 0 bridgehead atoms. The van der Waals surface area contributed by atoms with Crippen molar-refractivity contribution in [3.05, 3.63) is 58.6 Å². The molecule has 2 heterocycles. The maximum atomic E-state index is 12.5. The number of thioether (sulfide) groups is 1. The quantitative estimate of drug-likeness (QED) is 0.416. The number of thiophene rings is 1. The number of amides is 1. The molecule has 0 fully saturated rings. The standard InChI is InChI=1S/C17H15ClN4O3S3/c18-12-5-3-11(4-6-12)8-20-14(23)10-27-17-21-9-13(16(19)22-17)28(24,25)15-2-1-7-26-15/h1-7,9H,8,10H2,(H,20,23)(H2,19,21,22). The van der Waals surface area contributed by atoms with Gasteiger partial charge in [0.1, 0.15) is 14.9 Å². The lowest BCUT2D eigenvalue weighted by Gasteiger charge is -2.07. The molecule has 7 nitrogen and oxygen atoms in total. The van der Waals surface area contributed by atoms with Crippen LogP contribution in [0.5, 0.6) is 0 Å². The van der Waals surface area contributed by atoms with Crippen LogP contribution in [0.15, 0.2) is 62.2 Å². The van der Waals surface area contributed by atoms with E-state index < -0.39 is 9.84 Å². The Morgan fingerprint density at radius 1 is 1.25 bits per heavy atom. The van der Waals surface area contributed by atoms with Crippen LogP contribution in [0.3, 0.4) is 0 Å². The maximum absolute atomic E-state index is 12.5. The number of nitrogens with two attached hydrogens (primary N) is 1. The van der Waals surface area contributed by atoms with Crippen molar-refractivity contribution in [2.45, 2.75) is 20.8 Å².